The van der Waals surface area contributed by atoms with Crippen LogP contribution in [-0.2, 0) is 0 Å². The van der Waals surface area contributed by atoms with E-state index in [4.69, 9.17) is 0 Å². The van der Waals surface area contributed by atoms with E-state index in [0.717, 1.165) is 0 Å². The quantitative estimate of drug-likeness (QED) is 0.658. The topological polar surface area (TPSA) is 67.3 Å². The van der Waals surface area contributed by atoms with Gasteiger partial charge in [-0.25, -0.2) is 0 Å². The Balaban J connectivity index is 2.14. The van der Waals surface area contributed by atoms with Crippen LogP contribution in [0, 0.1) is 0 Å². The maximum atomic E-state index is 11.8. The summed E-state index contributed by atoms with van der Waals surface area (Å²) in [6.07, 6.45) is 2.70. The highest BCUT2D eigenvalue weighted by molar-refractivity contribution is 6.14. The molecule has 18 heavy (non-hydrogen) atoms. The molecule has 0 bridgehead atoms. The van der Waals surface area contributed by atoms with Crippen molar-refractivity contribution in [2.45, 2.75) is 6.42 Å². The third-order valence-electron chi connectivity index (χ3n) is 2.51. The molecule has 2 rings (SSSR count). The van der Waals surface area contributed by atoms with E-state index in [1.807, 2.05) is 0 Å². The van der Waals surface area contributed by atoms with E-state index >= 15 is 0 Å². The Morgan fingerprint density at radius 1 is 1.06 bits per heavy atom. The van der Waals surface area contributed by atoms with E-state index in [0.29, 0.717) is 5.56 Å². The molecular weight excluding hydrogens is 230 g/mol. The van der Waals surface area contributed by atoms with Gasteiger partial charge in [-0.3, -0.25) is 14.6 Å². The van der Waals surface area contributed by atoms with Gasteiger partial charge in [0.2, 0.25) is 0 Å². The highest BCUT2D eigenvalue weighted by Gasteiger charge is 2.16. The van der Waals surface area contributed by atoms with Crippen LogP contribution < -0.4 is 0 Å². The highest BCUT2D eigenvalue weighted by Crippen LogP contribution is 2.18. The minimum absolute atomic E-state index is 0.110. The number of carbonyl (C=O) groups excluding carboxylic acids is 2. The second-order valence-electron chi connectivity index (χ2n) is 3.78. The molecule has 1 aromatic carbocycles. The van der Waals surface area contributed by atoms with E-state index in [9.17, 15) is 14.7 Å². The molecule has 0 aliphatic carbocycles. The summed E-state index contributed by atoms with van der Waals surface area (Å²) in [5, 5.41) is 9.52. The Bertz CT molecular complexity index is 579. The van der Waals surface area contributed by atoms with Crippen molar-refractivity contribution in [2.24, 2.45) is 0 Å². The Kier molecular flexibility index (Phi) is 3.48. The van der Waals surface area contributed by atoms with Crippen molar-refractivity contribution >= 4 is 11.6 Å². The second-order valence-corrected chi connectivity index (χ2v) is 3.78. The monoisotopic (exact) mass is 241 g/mol. The van der Waals surface area contributed by atoms with E-state index < -0.39 is 5.78 Å². The van der Waals surface area contributed by atoms with Gasteiger partial charge in [-0.15, -0.1) is 0 Å². The van der Waals surface area contributed by atoms with Gasteiger partial charge in [-0.1, -0.05) is 12.1 Å². The number of hydrogen-bond acceptors (Lipinski definition) is 4. The largest absolute Gasteiger partial charge is 0.507 e. The van der Waals surface area contributed by atoms with Crippen molar-refractivity contribution in [3.8, 4) is 5.75 Å². The number of phenolic OH excluding ortho intramolecular Hbond substituents is 1. The molecule has 2 aromatic rings. The smallest absolute Gasteiger partial charge is 0.174 e. The fraction of sp³-hybridized carbons (Fsp3) is 0.0714. The standard InChI is InChI=1S/C14H11NO3/c16-12-6-2-1-5-11(12)14(18)8-13(17)10-4-3-7-15-9-10/h1-7,9,16H,8H2. The summed E-state index contributed by atoms with van der Waals surface area (Å²) in [6, 6.07) is 9.41. The minimum atomic E-state index is -0.401. The van der Waals surface area contributed by atoms with Crippen LogP contribution in [0.2, 0.25) is 0 Å². The molecule has 0 amide bonds. The zero-order chi connectivity index (χ0) is 13.0. The molecule has 0 unspecified atom stereocenters. The summed E-state index contributed by atoms with van der Waals surface area (Å²) in [4.78, 5) is 27.5. The summed E-state index contributed by atoms with van der Waals surface area (Å²) >= 11 is 0. The zero-order valence-corrected chi connectivity index (χ0v) is 9.54. The average molecular weight is 241 g/mol. The Labute approximate surface area is 104 Å². The molecule has 0 aliphatic rings. The molecule has 1 heterocycles. The number of aromatic nitrogens is 1. The first kappa shape index (κ1) is 12.0. The van der Waals surface area contributed by atoms with Crippen LogP contribution in [0.25, 0.3) is 0 Å². The van der Waals surface area contributed by atoms with Gasteiger partial charge in [-0.2, -0.15) is 0 Å². The van der Waals surface area contributed by atoms with Crippen LogP contribution in [0.1, 0.15) is 27.1 Å². The van der Waals surface area contributed by atoms with Crippen LogP contribution in [0.4, 0.5) is 0 Å². The maximum absolute atomic E-state index is 11.8. The van der Waals surface area contributed by atoms with E-state index in [2.05, 4.69) is 4.98 Å². The number of nitrogens with zero attached hydrogens (tertiary/aromatic N) is 1. The van der Waals surface area contributed by atoms with E-state index in [1.165, 1.54) is 18.3 Å². The number of para-hydroxylation sites is 1. The lowest BCUT2D eigenvalue weighted by molar-refractivity contribution is 0.0893. The third-order valence-corrected chi connectivity index (χ3v) is 2.51. The number of Topliss-reactive ketones (excluding diaryl/α,β-unsaturated/α-hetero) is 2. The fourth-order valence-corrected chi connectivity index (χ4v) is 1.58. The molecule has 0 radical (unpaired) electrons. The third kappa shape index (κ3) is 2.60. The lowest BCUT2D eigenvalue weighted by Crippen LogP contribution is -2.08. The molecule has 0 aliphatic heterocycles. The summed E-state index contributed by atoms with van der Waals surface area (Å²) in [5.41, 5.74) is 0.552. The van der Waals surface area contributed by atoms with Crippen LogP contribution >= 0.6 is 0 Å². The first-order valence-corrected chi connectivity index (χ1v) is 5.43. The second kappa shape index (κ2) is 5.23. The van der Waals surface area contributed by atoms with Gasteiger partial charge in [0.1, 0.15) is 5.75 Å². The number of ketones is 2. The van der Waals surface area contributed by atoms with Crippen LogP contribution in [0.15, 0.2) is 48.8 Å². The molecule has 4 nitrogen and oxygen atoms in total. The van der Waals surface area contributed by atoms with Gasteiger partial charge in [-0.05, 0) is 24.3 Å². The van der Waals surface area contributed by atoms with Crippen LogP contribution in [-0.4, -0.2) is 21.7 Å². The van der Waals surface area contributed by atoms with Gasteiger partial charge in [0.25, 0.3) is 0 Å². The maximum Gasteiger partial charge on any atom is 0.174 e. The predicted molar refractivity (Wildman–Crippen MR) is 65.6 cm³/mol. The predicted octanol–water partition coefficient (Wildman–Crippen LogP) is 2.24. The zero-order valence-electron chi connectivity index (χ0n) is 9.54. The van der Waals surface area contributed by atoms with E-state index in [1.54, 1.807) is 30.5 Å². The Morgan fingerprint density at radius 2 is 1.83 bits per heavy atom. The van der Waals surface area contributed by atoms with Gasteiger partial charge >= 0.3 is 0 Å². The molecule has 4 heteroatoms. The minimum Gasteiger partial charge on any atom is -0.507 e. The summed E-state index contributed by atoms with van der Waals surface area (Å²) in [6.45, 7) is 0. The van der Waals surface area contributed by atoms with Gasteiger partial charge in [0.05, 0.1) is 12.0 Å². The van der Waals surface area contributed by atoms with Crippen molar-refractivity contribution in [3.63, 3.8) is 0 Å². The number of hydrogen-bond donors (Lipinski definition) is 1. The number of rotatable bonds is 4. The van der Waals surface area contributed by atoms with Gasteiger partial charge < -0.3 is 5.11 Å². The fourth-order valence-electron chi connectivity index (χ4n) is 1.58. The number of carbonyl (C=O) groups is 2. The molecular formula is C14H11NO3. The number of aromatic hydroxyl groups is 1. The average Bonchev–Trinajstić information content (AvgIpc) is 2.40. The van der Waals surface area contributed by atoms with Crippen molar-refractivity contribution in [1.29, 1.82) is 0 Å². The molecule has 0 spiro atoms. The summed E-state index contributed by atoms with van der Waals surface area (Å²) in [7, 11) is 0. The molecule has 0 saturated carbocycles. The lowest BCUT2D eigenvalue weighted by atomic mass is 10.0. The summed E-state index contributed by atoms with van der Waals surface area (Å²) in [5.74, 6) is -0.820. The van der Waals surface area contributed by atoms with Crippen molar-refractivity contribution < 1.29 is 14.7 Å². The summed E-state index contributed by atoms with van der Waals surface area (Å²) < 4.78 is 0. The molecule has 0 atom stereocenters. The van der Waals surface area contributed by atoms with Crippen molar-refractivity contribution in [3.05, 3.63) is 59.9 Å². The van der Waals surface area contributed by atoms with Crippen molar-refractivity contribution in [2.75, 3.05) is 0 Å². The first-order valence-electron chi connectivity index (χ1n) is 5.43. The number of pyridine rings is 1. The van der Waals surface area contributed by atoms with Crippen molar-refractivity contribution in [1.82, 2.24) is 4.98 Å². The Hall–Kier alpha value is -2.49. The van der Waals surface area contributed by atoms with Gasteiger partial charge in [0, 0.05) is 18.0 Å². The first-order chi connectivity index (χ1) is 8.68. The van der Waals surface area contributed by atoms with Gasteiger partial charge in [0.15, 0.2) is 11.6 Å². The highest BCUT2D eigenvalue weighted by atomic mass is 16.3. The number of benzene rings is 1. The SMILES string of the molecule is O=C(CC(=O)c1ccccc1O)c1cccnc1. The van der Waals surface area contributed by atoms with Crippen LogP contribution in [0.5, 0.6) is 5.75 Å². The number of phenols is 1. The molecule has 1 N–H and O–H groups in total. The Morgan fingerprint density at radius 3 is 2.50 bits per heavy atom. The van der Waals surface area contributed by atoms with Crippen LogP contribution in [0.3, 0.4) is 0 Å². The lowest BCUT2D eigenvalue weighted by Gasteiger charge is -2.03. The molecule has 0 saturated heterocycles. The molecule has 90 valence electrons. The van der Waals surface area contributed by atoms with E-state index in [-0.39, 0.29) is 23.5 Å². The normalized spacial score (nSPS) is 10.0. The molecule has 1 aromatic heterocycles. The molecule has 0 fully saturated rings.